The van der Waals surface area contributed by atoms with Gasteiger partial charge in [-0.15, -0.1) is 0 Å². The molecular weight excluding hydrogens is 519 g/mol. The van der Waals surface area contributed by atoms with Crippen molar-refractivity contribution in [3.63, 3.8) is 0 Å². The van der Waals surface area contributed by atoms with Gasteiger partial charge in [0.15, 0.2) is 11.6 Å². The molecule has 41 heavy (non-hydrogen) atoms. The number of nitrogens with one attached hydrogen (secondary N) is 1. The Morgan fingerprint density at radius 3 is 2.49 bits per heavy atom. The van der Waals surface area contributed by atoms with E-state index in [1.807, 2.05) is 59.5 Å². The summed E-state index contributed by atoms with van der Waals surface area (Å²) < 4.78 is 20.6. The first-order chi connectivity index (χ1) is 20.0. The SMILES string of the molecule is COc1cccc(C(=O)[C@H]2[C@H](C(=O)c3ccccc3F)N3c4ccccc4C=C[C@@H]3[C@]23C(=O)Nc2ccccc23)c1. The third kappa shape index (κ3) is 3.45. The van der Waals surface area contributed by atoms with Gasteiger partial charge in [0, 0.05) is 16.9 Å². The lowest BCUT2D eigenvalue weighted by Gasteiger charge is -2.37. The summed E-state index contributed by atoms with van der Waals surface area (Å²) in [6.45, 7) is 0. The highest BCUT2D eigenvalue weighted by atomic mass is 19.1. The Balaban J connectivity index is 1.55. The molecule has 7 rings (SSSR count). The van der Waals surface area contributed by atoms with Crippen LogP contribution in [-0.2, 0) is 10.2 Å². The number of carbonyl (C=O) groups excluding carboxylic acids is 3. The van der Waals surface area contributed by atoms with Crippen LogP contribution in [0.15, 0.2) is 103 Å². The molecule has 6 nitrogen and oxygen atoms in total. The monoisotopic (exact) mass is 544 g/mol. The number of benzene rings is 4. The molecule has 1 saturated heterocycles. The van der Waals surface area contributed by atoms with Gasteiger partial charge in [-0.05, 0) is 47.5 Å². The second-order valence-electron chi connectivity index (χ2n) is 10.5. The number of carbonyl (C=O) groups is 3. The van der Waals surface area contributed by atoms with Crippen molar-refractivity contribution in [3.05, 3.63) is 131 Å². The fraction of sp³-hybridized carbons (Fsp3) is 0.147. The van der Waals surface area contributed by atoms with Gasteiger partial charge in [0.1, 0.15) is 23.0 Å². The molecule has 4 aromatic rings. The zero-order valence-electron chi connectivity index (χ0n) is 22.1. The maximum absolute atomic E-state index is 15.2. The Kier molecular flexibility index (Phi) is 5.64. The molecule has 4 aromatic carbocycles. The van der Waals surface area contributed by atoms with Crippen molar-refractivity contribution < 1.29 is 23.5 Å². The molecule has 0 unspecified atom stereocenters. The third-order valence-corrected chi connectivity index (χ3v) is 8.59. The smallest absolute Gasteiger partial charge is 0.238 e. The summed E-state index contributed by atoms with van der Waals surface area (Å²) in [4.78, 5) is 45.5. The number of Topliss-reactive ketones (excluding diaryl/α,β-unsaturated/α-hetero) is 2. The van der Waals surface area contributed by atoms with Crippen LogP contribution < -0.4 is 15.0 Å². The third-order valence-electron chi connectivity index (χ3n) is 8.59. The number of fused-ring (bicyclic) bond motifs is 6. The van der Waals surface area contributed by atoms with Crippen LogP contribution >= 0.6 is 0 Å². The minimum atomic E-state index is -1.47. The van der Waals surface area contributed by atoms with Crippen LogP contribution in [0, 0.1) is 11.7 Å². The van der Waals surface area contributed by atoms with E-state index in [0.29, 0.717) is 28.3 Å². The van der Waals surface area contributed by atoms with Gasteiger partial charge in [-0.3, -0.25) is 14.4 Å². The first-order valence-corrected chi connectivity index (χ1v) is 13.4. The molecule has 1 amide bonds. The van der Waals surface area contributed by atoms with Crippen molar-refractivity contribution in [2.75, 3.05) is 17.3 Å². The van der Waals surface area contributed by atoms with Gasteiger partial charge in [-0.2, -0.15) is 0 Å². The number of ether oxygens (including phenoxy) is 1. The molecule has 1 spiro atoms. The van der Waals surface area contributed by atoms with Gasteiger partial charge in [0.2, 0.25) is 5.91 Å². The first-order valence-electron chi connectivity index (χ1n) is 13.4. The van der Waals surface area contributed by atoms with Crippen LogP contribution in [0.4, 0.5) is 15.8 Å². The summed E-state index contributed by atoms with van der Waals surface area (Å²) in [7, 11) is 1.51. The molecular formula is C34H25FN2O4. The van der Waals surface area contributed by atoms with Gasteiger partial charge in [0.05, 0.1) is 24.6 Å². The van der Waals surface area contributed by atoms with Crippen LogP contribution in [0.25, 0.3) is 6.08 Å². The highest BCUT2D eigenvalue weighted by Gasteiger charge is 2.70. The van der Waals surface area contributed by atoms with Crippen molar-refractivity contribution in [1.82, 2.24) is 0 Å². The fourth-order valence-electron chi connectivity index (χ4n) is 6.90. The second-order valence-corrected chi connectivity index (χ2v) is 10.5. The molecule has 7 heteroatoms. The molecule has 4 atom stereocenters. The summed E-state index contributed by atoms with van der Waals surface area (Å²) in [5.41, 5.74) is 1.47. The minimum absolute atomic E-state index is 0.129. The Bertz CT molecular complexity index is 1780. The maximum Gasteiger partial charge on any atom is 0.238 e. The molecule has 3 aliphatic heterocycles. The quantitative estimate of drug-likeness (QED) is 0.327. The van der Waals surface area contributed by atoms with E-state index in [1.165, 1.54) is 25.3 Å². The van der Waals surface area contributed by atoms with E-state index in [9.17, 15) is 14.4 Å². The van der Waals surface area contributed by atoms with E-state index < -0.39 is 40.8 Å². The molecule has 0 radical (unpaired) electrons. The number of amides is 1. The number of ketones is 2. The molecule has 0 saturated carbocycles. The largest absolute Gasteiger partial charge is 0.497 e. The highest BCUT2D eigenvalue weighted by Crippen LogP contribution is 2.58. The van der Waals surface area contributed by atoms with Crippen molar-refractivity contribution >= 4 is 34.9 Å². The Morgan fingerprint density at radius 2 is 1.66 bits per heavy atom. The standard InChI is InChI=1S/C34H25FN2O4/c1-41-22-11-8-10-21(19-22)31(38)29-30(32(39)23-12-3-5-14-25(23)35)37-27-16-7-2-9-20(27)17-18-28(37)34(29)24-13-4-6-15-26(24)36-33(34)40/h2-19,28-30H,1H3,(H,36,40)/t28-,29-,30-,34+/m1/s1. The van der Waals surface area contributed by atoms with E-state index >= 15 is 4.39 Å². The van der Waals surface area contributed by atoms with E-state index in [4.69, 9.17) is 4.74 Å². The van der Waals surface area contributed by atoms with Gasteiger partial charge in [-0.25, -0.2) is 4.39 Å². The molecule has 0 bridgehead atoms. The molecule has 1 N–H and O–H groups in total. The summed E-state index contributed by atoms with van der Waals surface area (Å²) >= 11 is 0. The zero-order valence-corrected chi connectivity index (χ0v) is 22.1. The van der Waals surface area contributed by atoms with Crippen LogP contribution in [0.3, 0.4) is 0 Å². The molecule has 1 fully saturated rings. The highest BCUT2D eigenvalue weighted by molar-refractivity contribution is 6.18. The Labute approximate surface area is 236 Å². The van der Waals surface area contributed by atoms with Crippen LogP contribution in [-0.4, -0.2) is 36.7 Å². The lowest BCUT2D eigenvalue weighted by molar-refractivity contribution is -0.121. The average Bonchev–Trinajstić information content (AvgIpc) is 3.49. The molecule has 3 heterocycles. The lowest BCUT2D eigenvalue weighted by atomic mass is 9.64. The van der Waals surface area contributed by atoms with Gasteiger partial charge >= 0.3 is 0 Å². The van der Waals surface area contributed by atoms with E-state index in [0.717, 1.165) is 5.56 Å². The predicted octanol–water partition coefficient (Wildman–Crippen LogP) is 5.69. The van der Waals surface area contributed by atoms with Crippen molar-refractivity contribution in [2.24, 2.45) is 5.92 Å². The number of halogens is 1. The van der Waals surface area contributed by atoms with Crippen molar-refractivity contribution in [2.45, 2.75) is 17.5 Å². The van der Waals surface area contributed by atoms with Crippen molar-refractivity contribution in [1.29, 1.82) is 0 Å². The van der Waals surface area contributed by atoms with Gasteiger partial charge in [0.25, 0.3) is 0 Å². The Hall–Kier alpha value is -5.04. The number of anilines is 2. The van der Waals surface area contributed by atoms with Crippen molar-refractivity contribution in [3.8, 4) is 5.75 Å². The number of methoxy groups -OCH3 is 1. The maximum atomic E-state index is 15.2. The summed E-state index contributed by atoms with van der Waals surface area (Å²) in [6, 6.07) is 25.4. The number of rotatable bonds is 5. The van der Waals surface area contributed by atoms with Crippen LogP contribution in [0.5, 0.6) is 5.75 Å². The molecule has 202 valence electrons. The van der Waals surface area contributed by atoms with E-state index in [1.54, 1.807) is 36.4 Å². The first kappa shape index (κ1) is 25.0. The molecule has 0 aromatic heterocycles. The summed E-state index contributed by atoms with van der Waals surface area (Å²) in [5, 5.41) is 2.99. The van der Waals surface area contributed by atoms with Gasteiger partial charge < -0.3 is 15.0 Å². The normalized spacial score (nSPS) is 23.5. The van der Waals surface area contributed by atoms with E-state index in [-0.39, 0.29) is 11.5 Å². The Morgan fingerprint density at radius 1 is 0.902 bits per heavy atom. The predicted molar refractivity (Wildman–Crippen MR) is 154 cm³/mol. The number of hydrogen-bond acceptors (Lipinski definition) is 5. The number of hydrogen-bond donors (Lipinski definition) is 1. The zero-order chi connectivity index (χ0) is 28.3. The fourth-order valence-corrected chi connectivity index (χ4v) is 6.90. The average molecular weight is 545 g/mol. The summed E-state index contributed by atoms with van der Waals surface area (Å²) in [5.74, 6) is -2.73. The van der Waals surface area contributed by atoms with Gasteiger partial charge in [-0.1, -0.05) is 72.8 Å². The van der Waals surface area contributed by atoms with Crippen LogP contribution in [0.2, 0.25) is 0 Å². The molecule has 3 aliphatic rings. The number of para-hydroxylation sites is 2. The van der Waals surface area contributed by atoms with E-state index in [2.05, 4.69) is 5.32 Å². The van der Waals surface area contributed by atoms with Crippen LogP contribution in [0.1, 0.15) is 31.8 Å². The molecule has 0 aliphatic carbocycles. The number of nitrogens with zero attached hydrogens (tertiary/aromatic N) is 1. The minimum Gasteiger partial charge on any atom is -0.497 e. The summed E-state index contributed by atoms with van der Waals surface area (Å²) in [6.07, 6.45) is 3.82. The topological polar surface area (TPSA) is 75.7 Å². The lowest BCUT2D eigenvalue weighted by Crippen LogP contribution is -2.51. The second kappa shape index (κ2) is 9.27.